The highest BCUT2D eigenvalue weighted by atomic mass is 35.5. The number of aromatic nitrogens is 2. The van der Waals surface area contributed by atoms with Gasteiger partial charge < -0.3 is 10.7 Å². The molecule has 1 aliphatic rings. The third-order valence-electron chi connectivity index (χ3n) is 4.18. The minimum Gasteiger partial charge on any atom is -0.397 e. The molecule has 0 saturated heterocycles. The molecule has 7 heteroatoms. The first kappa shape index (κ1) is 14.5. The van der Waals surface area contributed by atoms with Gasteiger partial charge in [0.2, 0.25) is 0 Å². The molecule has 3 N–H and O–H groups in total. The van der Waals surface area contributed by atoms with E-state index in [4.69, 9.17) is 17.3 Å². The predicted octanol–water partition coefficient (Wildman–Crippen LogP) is 4.63. The van der Waals surface area contributed by atoms with Crippen molar-refractivity contribution in [2.75, 3.05) is 5.73 Å². The van der Waals surface area contributed by atoms with Crippen molar-refractivity contribution >= 4 is 28.3 Å². The van der Waals surface area contributed by atoms with Gasteiger partial charge in [-0.25, -0.2) is 4.98 Å². The second-order valence-corrected chi connectivity index (χ2v) is 6.04. The Morgan fingerprint density at radius 2 is 1.86 bits per heavy atom. The van der Waals surface area contributed by atoms with E-state index in [9.17, 15) is 13.2 Å². The van der Waals surface area contributed by atoms with Gasteiger partial charge in [-0.2, -0.15) is 13.2 Å². The molecule has 0 unspecified atom stereocenters. The van der Waals surface area contributed by atoms with Crippen LogP contribution >= 0.6 is 11.6 Å². The monoisotopic (exact) mass is 317 g/mol. The van der Waals surface area contributed by atoms with Crippen LogP contribution in [0.25, 0.3) is 11.0 Å². The Bertz CT molecular complexity index is 657. The van der Waals surface area contributed by atoms with E-state index >= 15 is 0 Å². The van der Waals surface area contributed by atoms with Crippen LogP contribution in [0.3, 0.4) is 0 Å². The van der Waals surface area contributed by atoms with Crippen LogP contribution in [0.1, 0.15) is 37.4 Å². The van der Waals surface area contributed by atoms with E-state index in [0.29, 0.717) is 34.9 Å². The first-order chi connectivity index (χ1) is 9.84. The fourth-order valence-corrected chi connectivity index (χ4v) is 3.24. The van der Waals surface area contributed by atoms with E-state index in [2.05, 4.69) is 9.97 Å². The summed E-state index contributed by atoms with van der Waals surface area (Å²) in [5, 5.41) is 0.510. The zero-order valence-electron chi connectivity index (χ0n) is 11.2. The number of rotatable bonds is 1. The molecule has 0 spiro atoms. The molecular formula is C14H15ClF3N3. The van der Waals surface area contributed by atoms with E-state index < -0.39 is 12.1 Å². The number of imidazole rings is 1. The lowest BCUT2D eigenvalue weighted by molar-refractivity contribution is -0.182. The lowest BCUT2D eigenvalue weighted by Crippen LogP contribution is -2.27. The molecule has 1 heterocycles. The van der Waals surface area contributed by atoms with Crippen LogP contribution in [-0.4, -0.2) is 16.1 Å². The summed E-state index contributed by atoms with van der Waals surface area (Å²) in [4.78, 5) is 7.59. The van der Waals surface area contributed by atoms with Gasteiger partial charge in [0.15, 0.2) is 0 Å². The highest BCUT2D eigenvalue weighted by Gasteiger charge is 2.41. The van der Waals surface area contributed by atoms with Gasteiger partial charge >= 0.3 is 6.18 Å². The zero-order chi connectivity index (χ0) is 15.2. The number of nitrogens with zero attached hydrogens (tertiary/aromatic N) is 1. The van der Waals surface area contributed by atoms with Gasteiger partial charge in [-0.05, 0) is 37.8 Å². The number of benzene rings is 1. The Morgan fingerprint density at radius 3 is 2.48 bits per heavy atom. The summed E-state index contributed by atoms with van der Waals surface area (Å²) in [5.74, 6) is -0.452. The number of H-pyrrole nitrogens is 1. The quantitative estimate of drug-likeness (QED) is 0.753. The van der Waals surface area contributed by atoms with Crippen molar-refractivity contribution in [3.05, 3.63) is 23.0 Å². The standard InChI is InChI=1S/C14H15ClF3N3/c15-9-5-10(19)12-11(6-9)20-13(21-12)7-1-3-8(4-2-7)14(16,17)18/h5-8H,1-4,19H2,(H,20,21). The van der Waals surface area contributed by atoms with E-state index in [-0.39, 0.29) is 18.8 Å². The topological polar surface area (TPSA) is 54.7 Å². The van der Waals surface area contributed by atoms with Gasteiger partial charge in [0.25, 0.3) is 0 Å². The van der Waals surface area contributed by atoms with Crippen LogP contribution in [0.2, 0.25) is 5.02 Å². The summed E-state index contributed by atoms with van der Waals surface area (Å²) < 4.78 is 38.0. The smallest absolute Gasteiger partial charge is 0.391 e. The molecule has 0 radical (unpaired) electrons. The second-order valence-electron chi connectivity index (χ2n) is 5.60. The zero-order valence-corrected chi connectivity index (χ0v) is 11.9. The first-order valence-electron chi connectivity index (χ1n) is 6.86. The van der Waals surface area contributed by atoms with E-state index in [1.54, 1.807) is 12.1 Å². The Labute approximate surface area is 124 Å². The molecule has 0 amide bonds. The van der Waals surface area contributed by atoms with Gasteiger partial charge in [0.05, 0.1) is 17.1 Å². The van der Waals surface area contributed by atoms with Crippen molar-refractivity contribution in [2.45, 2.75) is 37.8 Å². The summed E-state index contributed by atoms with van der Waals surface area (Å²) in [6.07, 6.45) is -2.81. The van der Waals surface area contributed by atoms with E-state index in [1.165, 1.54) is 0 Å². The van der Waals surface area contributed by atoms with Crippen molar-refractivity contribution in [3.8, 4) is 0 Å². The maximum absolute atomic E-state index is 12.7. The van der Waals surface area contributed by atoms with E-state index in [0.717, 1.165) is 5.52 Å². The minimum atomic E-state index is -4.09. The SMILES string of the molecule is Nc1cc(Cl)cc2[nH]c(C3CCC(C(F)(F)F)CC3)nc12. The number of aromatic amines is 1. The molecule has 2 aromatic rings. The summed E-state index contributed by atoms with van der Waals surface area (Å²) in [6.45, 7) is 0. The second kappa shape index (κ2) is 5.09. The van der Waals surface area contributed by atoms with Crippen molar-refractivity contribution in [1.82, 2.24) is 9.97 Å². The molecule has 0 bridgehead atoms. The molecule has 0 aliphatic heterocycles. The van der Waals surface area contributed by atoms with E-state index in [1.807, 2.05) is 0 Å². The van der Waals surface area contributed by atoms with Gasteiger partial charge in [-0.15, -0.1) is 0 Å². The average Bonchev–Trinajstić information content (AvgIpc) is 2.82. The van der Waals surface area contributed by atoms with Crippen LogP contribution in [0.15, 0.2) is 12.1 Å². The average molecular weight is 318 g/mol. The lowest BCUT2D eigenvalue weighted by atomic mass is 9.81. The summed E-state index contributed by atoms with van der Waals surface area (Å²) in [6, 6.07) is 3.35. The largest absolute Gasteiger partial charge is 0.397 e. The number of nitrogens with one attached hydrogen (secondary N) is 1. The van der Waals surface area contributed by atoms with Crippen LogP contribution in [-0.2, 0) is 0 Å². The van der Waals surface area contributed by atoms with Crippen LogP contribution in [0, 0.1) is 5.92 Å². The van der Waals surface area contributed by atoms with Gasteiger partial charge in [-0.1, -0.05) is 11.6 Å². The number of halogens is 4. The predicted molar refractivity (Wildman–Crippen MR) is 76.3 cm³/mol. The number of nitrogens with two attached hydrogens (primary N) is 1. The van der Waals surface area contributed by atoms with Crippen LogP contribution in [0.5, 0.6) is 0 Å². The third kappa shape index (κ3) is 2.81. The summed E-state index contributed by atoms with van der Waals surface area (Å²) in [5.41, 5.74) is 7.70. The molecule has 0 atom stereocenters. The molecule has 21 heavy (non-hydrogen) atoms. The molecule has 1 aromatic heterocycles. The van der Waals surface area contributed by atoms with Crippen LogP contribution in [0.4, 0.5) is 18.9 Å². The molecule has 1 aromatic carbocycles. The number of nitrogen functional groups attached to an aromatic ring is 1. The van der Waals surface area contributed by atoms with Crippen molar-refractivity contribution in [3.63, 3.8) is 0 Å². The van der Waals surface area contributed by atoms with Gasteiger partial charge in [-0.3, -0.25) is 0 Å². The molecule has 1 saturated carbocycles. The Kier molecular flexibility index (Phi) is 3.51. The molecule has 1 aliphatic carbocycles. The van der Waals surface area contributed by atoms with Crippen LogP contribution < -0.4 is 5.73 Å². The normalized spacial score (nSPS) is 23.6. The first-order valence-corrected chi connectivity index (χ1v) is 7.23. The fourth-order valence-electron chi connectivity index (χ4n) is 3.01. The number of anilines is 1. The van der Waals surface area contributed by atoms with Crippen molar-refractivity contribution in [2.24, 2.45) is 5.92 Å². The highest BCUT2D eigenvalue weighted by molar-refractivity contribution is 6.31. The summed E-state index contributed by atoms with van der Waals surface area (Å²) >= 11 is 5.94. The minimum absolute atomic E-state index is 0.0224. The lowest BCUT2D eigenvalue weighted by Gasteiger charge is -2.28. The fraction of sp³-hybridized carbons (Fsp3) is 0.500. The molecule has 114 valence electrons. The van der Waals surface area contributed by atoms with Gasteiger partial charge in [0.1, 0.15) is 11.3 Å². The number of alkyl halides is 3. The van der Waals surface area contributed by atoms with Gasteiger partial charge in [0, 0.05) is 10.9 Å². The maximum atomic E-state index is 12.7. The molecule has 1 fully saturated rings. The molecular weight excluding hydrogens is 303 g/mol. The van der Waals surface area contributed by atoms with Crippen molar-refractivity contribution in [1.29, 1.82) is 0 Å². The number of hydrogen-bond acceptors (Lipinski definition) is 2. The Balaban J connectivity index is 1.81. The Morgan fingerprint density at radius 1 is 1.19 bits per heavy atom. The maximum Gasteiger partial charge on any atom is 0.391 e. The third-order valence-corrected chi connectivity index (χ3v) is 4.39. The number of hydrogen-bond donors (Lipinski definition) is 2. The number of fused-ring (bicyclic) bond motifs is 1. The highest BCUT2D eigenvalue weighted by Crippen LogP contribution is 2.42. The molecule has 3 rings (SSSR count). The molecule has 3 nitrogen and oxygen atoms in total. The van der Waals surface area contributed by atoms with Crippen molar-refractivity contribution < 1.29 is 13.2 Å². The summed E-state index contributed by atoms with van der Waals surface area (Å²) in [7, 11) is 0. The Hall–Kier alpha value is -1.43.